The summed E-state index contributed by atoms with van der Waals surface area (Å²) in [7, 11) is 0. The number of allylic oxidation sites excluding steroid dienone is 1. The number of halogens is 3. The lowest BCUT2D eigenvalue weighted by Gasteiger charge is -2.09. The number of aromatic nitrogens is 3. The molecule has 0 radical (unpaired) electrons. The zero-order valence-electron chi connectivity index (χ0n) is 17.1. The number of hydrazone groups is 1. The fourth-order valence-electron chi connectivity index (χ4n) is 2.64. The molecule has 0 aliphatic rings. The van der Waals surface area contributed by atoms with Gasteiger partial charge in [-0.05, 0) is 74.9 Å². The van der Waals surface area contributed by atoms with Crippen LogP contribution in [-0.4, -0.2) is 37.7 Å². The number of benzene rings is 2. The fraction of sp³-hybridized carbons (Fsp3) is 0.143. The summed E-state index contributed by atoms with van der Waals surface area (Å²) >= 11 is 10.1. The number of carbonyl (C=O) groups excluding carboxylic acids is 1. The number of anilines is 1. The van der Waals surface area contributed by atoms with E-state index in [2.05, 4.69) is 87.1 Å². The quantitative estimate of drug-likeness (QED) is 0.0887. The molecule has 1 aromatic heterocycles. The van der Waals surface area contributed by atoms with E-state index in [0.717, 1.165) is 19.6 Å². The molecule has 0 fully saturated rings. The van der Waals surface area contributed by atoms with Gasteiger partial charge in [0.15, 0.2) is 11.0 Å². The Morgan fingerprint density at radius 3 is 2.76 bits per heavy atom. The van der Waals surface area contributed by atoms with Crippen LogP contribution in [0.25, 0.3) is 0 Å². The second kappa shape index (κ2) is 12.5. The predicted octanol–water partition coefficient (Wildman–Crippen LogP) is 5.15. The van der Waals surface area contributed by atoms with Gasteiger partial charge in [0.25, 0.3) is 5.91 Å². The van der Waals surface area contributed by atoms with Crippen molar-refractivity contribution in [3.05, 3.63) is 73.0 Å². The molecular formula is C21H19Br2IN6O2S. The zero-order chi connectivity index (χ0) is 23.8. The molecule has 8 nitrogen and oxygen atoms in total. The van der Waals surface area contributed by atoms with Gasteiger partial charge in [-0.25, -0.2) is 5.43 Å². The first-order valence-corrected chi connectivity index (χ1v) is 13.2. The van der Waals surface area contributed by atoms with Gasteiger partial charge in [0.05, 0.1) is 23.0 Å². The molecule has 0 bridgehead atoms. The van der Waals surface area contributed by atoms with Crippen LogP contribution in [0.5, 0.6) is 5.75 Å². The van der Waals surface area contributed by atoms with Crippen LogP contribution in [0.3, 0.4) is 0 Å². The third-order valence-electron chi connectivity index (χ3n) is 4.18. The largest absolute Gasteiger partial charge is 0.506 e. The Bertz CT molecular complexity index is 1170. The predicted molar refractivity (Wildman–Crippen MR) is 147 cm³/mol. The molecule has 33 heavy (non-hydrogen) atoms. The lowest BCUT2D eigenvalue weighted by molar-refractivity contribution is -0.118. The van der Waals surface area contributed by atoms with Gasteiger partial charge in [-0.2, -0.15) is 5.10 Å². The van der Waals surface area contributed by atoms with Gasteiger partial charge in [0.1, 0.15) is 5.75 Å². The summed E-state index contributed by atoms with van der Waals surface area (Å²) in [5.41, 5.74) is 3.90. The number of nitrogens with zero attached hydrogens (tertiary/aromatic N) is 4. The van der Waals surface area contributed by atoms with Gasteiger partial charge in [0.2, 0.25) is 0 Å². The maximum absolute atomic E-state index is 12.2. The van der Waals surface area contributed by atoms with Gasteiger partial charge >= 0.3 is 0 Å². The Morgan fingerprint density at radius 2 is 2.03 bits per heavy atom. The first-order valence-electron chi connectivity index (χ1n) is 9.52. The van der Waals surface area contributed by atoms with Crippen molar-refractivity contribution in [2.24, 2.45) is 5.10 Å². The maximum Gasteiger partial charge on any atom is 0.250 e. The van der Waals surface area contributed by atoms with E-state index in [9.17, 15) is 9.90 Å². The van der Waals surface area contributed by atoms with E-state index in [1.165, 1.54) is 18.0 Å². The minimum atomic E-state index is -0.309. The third-order valence-corrected chi connectivity index (χ3v) is 6.93. The molecule has 0 aliphatic carbocycles. The summed E-state index contributed by atoms with van der Waals surface area (Å²) in [5, 5.41) is 26.4. The molecule has 1 amide bonds. The highest BCUT2D eigenvalue weighted by atomic mass is 127. The van der Waals surface area contributed by atoms with E-state index in [0.29, 0.717) is 28.3 Å². The molecule has 12 heteroatoms. The van der Waals surface area contributed by atoms with Crippen molar-refractivity contribution in [1.82, 2.24) is 20.2 Å². The topological polar surface area (TPSA) is 104 Å². The number of hydrogen-bond donors (Lipinski definition) is 3. The van der Waals surface area contributed by atoms with Gasteiger partial charge in [0, 0.05) is 25.8 Å². The van der Waals surface area contributed by atoms with Crippen LogP contribution in [0, 0.1) is 3.57 Å². The average molecular weight is 706 g/mol. The van der Waals surface area contributed by atoms with Crippen molar-refractivity contribution >= 4 is 84.0 Å². The normalized spacial score (nSPS) is 11.0. The molecule has 0 unspecified atom stereocenters. The van der Waals surface area contributed by atoms with Crippen molar-refractivity contribution in [3.63, 3.8) is 0 Å². The highest BCUT2D eigenvalue weighted by molar-refractivity contribution is 14.1. The summed E-state index contributed by atoms with van der Waals surface area (Å²) in [6, 6.07) is 11.5. The van der Waals surface area contributed by atoms with Crippen molar-refractivity contribution in [1.29, 1.82) is 0 Å². The number of rotatable bonds is 10. The van der Waals surface area contributed by atoms with Crippen molar-refractivity contribution in [2.75, 3.05) is 11.1 Å². The van der Waals surface area contributed by atoms with Crippen molar-refractivity contribution in [2.45, 2.75) is 18.2 Å². The van der Waals surface area contributed by atoms with E-state index in [1.807, 2.05) is 28.8 Å². The van der Waals surface area contributed by atoms with Crippen LogP contribution >= 0.6 is 66.2 Å². The average Bonchev–Trinajstić information content (AvgIpc) is 3.17. The smallest absolute Gasteiger partial charge is 0.250 e. The van der Waals surface area contributed by atoms with Crippen LogP contribution in [0.1, 0.15) is 11.4 Å². The third kappa shape index (κ3) is 7.55. The number of phenolic OH excluding ortho intramolecular Hbond substituents is 1. The molecule has 3 N–H and O–H groups in total. The van der Waals surface area contributed by atoms with Gasteiger partial charge < -0.3 is 15.0 Å². The standard InChI is InChI=1S/C21H19Br2IN6O2S/c1-2-7-30-18(11-25-16-5-3-15(24)4-6-16)27-29-21(30)33-12-19(31)28-26-10-13-8-14(22)9-17(23)20(13)32/h2-6,8-10,25,32H,1,7,11-12H2,(H,28,31). The molecular weight excluding hydrogens is 687 g/mol. The molecule has 0 aliphatic heterocycles. The molecule has 3 rings (SSSR count). The van der Waals surface area contributed by atoms with Crippen LogP contribution in [0.4, 0.5) is 5.69 Å². The number of hydrogen-bond acceptors (Lipinski definition) is 7. The number of carbonyl (C=O) groups is 1. The van der Waals surface area contributed by atoms with E-state index >= 15 is 0 Å². The highest BCUT2D eigenvalue weighted by Gasteiger charge is 2.13. The Hall–Kier alpha value is -1.90. The molecule has 0 saturated heterocycles. The van der Waals surface area contributed by atoms with Gasteiger partial charge in [-0.3, -0.25) is 4.79 Å². The Kier molecular flexibility index (Phi) is 9.77. The SMILES string of the molecule is C=CCn1c(CNc2ccc(I)cc2)nnc1SCC(=O)NN=Cc1cc(Br)cc(Br)c1O. The van der Waals surface area contributed by atoms with Gasteiger partial charge in [-0.1, -0.05) is 33.8 Å². The van der Waals surface area contributed by atoms with Crippen molar-refractivity contribution in [3.8, 4) is 5.75 Å². The summed E-state index contributed by atoms with van der Waals surface area (Å²) in [6.07, 6.45) is 3.14. The second-order valence-corrected chi connectivity index (χ2v) is 10.5. The second-order valence-electron chi connectivity index (χ2n) is 6.57. The molecule has 0 spiro atoms. The molecule has 3 aromatic rings. The number of amides is 1. The van der Waals surface area contributed by atoms with Crippen LogP contribution < -0.4 is 10.7 Å². The van der Waals surface area contributed by atoms with Crippen LogP contribution in [0.15, 0.2) is 68.3 Å². The number of phenols is 1. The lowest BCUT2D eigenvalue weighted by Crippen LogP contribution is -2.20. The molecule has 0 saturated carbocycles. The summed E-state index contributed by atoms with van der Waals surface area (Å²) in [6.45, 7) is 4.81. The van der Waals surface area contributed by atoms with Gasteiger partial charge in [-0.15, -0.1) is 16.8 Å². The number of thioether (sulfide) groups is 1. The van der Waals surface area contributed by atoms with E-state index in [4.69, 9.17) is 0 Å². The lowest BCUT2D eigenvalue weighted by atomic mass is 10.2. The molecule has 2 aromatic carbocycles. The summed E-state index contributed by atoms with van der Waals surface area (Å²) in [5.74, 6) is 0.571. The zero-order valence-corrected chi connectivity index (χ0v) is 23.3. The van der Waals surface area contributed by atoms with Crippen LogP contribution in [0.2, 0.25) is 0 Å². The summed E-state index contributed by atoms with van der Waals surface area (Å²) in [4.78, 5) is 12.2. The van der Waals surface area contributed by atoms with E-state index in [1.54, 1.807) is 18.2 Å². The first kappa shape index (κ1) is 25.7. The van der Waals surface area contributed by atoms with Crippen LogP contribution in [-0.2, 0) is 17.9 Å². The molecule has 1 heterocycles. The highest BCUT2D eigenvalue weighted by Crippen LogP contribution is 2.30. The Morgan fingerprint density at radius 1 is 1.27 bits per heavy atom. The molecule has 172 valence electrons. The van der Waals surface area contributed by atoms with Crippen molar-refractivity contribution < 1.29 is 9.90 Å². The Labute approximate surface area is 225 Å². The fourth-order valence-corrected chi connectivity index (χ4v) is 5.02. The number of aromatic hydroxyl groups is 1. The maximum atomic E-state index is 12.2. The molecule has 0 atom stereocenters. The monoisotopic (exact) mass is 704 g/mol. The number of nitrogens with one attached hydrogen (secondary N) is 2. The van der Waals surface area contributed by atoms with E-state index in [-0.39, 0.29) is 17.4 Å². The first-order chi connectivity index (χ1) is 15.9. The minimum Gasteiger partial charge on any atom is -0.506 e. The minimum absolute atomic E-state index is 0.0366. The summed E-state index contributed by atoms with van der Waals surface area (Å²) < 4.78 is 4.36. The van der Waals surface area contributed by atoms with E-state index < -0.39 is 0 Å². The Balaban J connectivity index is 1.57.